The molecule has 19 heavy (non-hydrogen) atoms. The maximum Gasteiger partial charge on any atom is 0.234 e. The maximum absolute atomic E-state index is 5.91. The van der Waals surface area contributed by atoms with Crippen molar-refractivity contribution in [2.24, 2.45) is 11.7 Å². The van der Waals surface area contributed by atoms with E-state index in [0.29, 0.717) is 30.8 Å². The van der Waals surface area contributed by atoms with Crippen LogP contribution in [0.2, 0.25) is 0 Å². The van der Waals surface area contributed by atoms with Crippen LogP contribution in [0, 0.1) is 5.92 Å². The highest BCUT2D eigenvalue weighted by Gasteiger charge is 2.34. The summed E-state index contributed by atoms with van der Waals surface area (Å²) in [5, 5.41) is 4.10. The molecule has 0 spiro atoms. The zero-order valence-electron chi connectivity index (χ0n) is 12.8. The molecule has 2 N–H and O–H groups in total. The predicted molar refractivity (Wildman–Crippen MR) is 74.8 cm³/mol. The molecule has 0 aliphatic heterocycles. The van der Waals surface area contributed by atoms with Crippen LogP contribution < -0.4 is 5.73 Å². The van der Waals surface area contributed by atoms with Crippen LogP contribution in [0.4, 0.5) is 0 Å². The second-order valence-corrected chi connectivity index (χ2v) is 5.27. The maximum atomic E-state index is 5.91. The quantitative estimate of drug-likeness (QED) is 0.785. The first-order valence-corrected chi connectivity index (χ1v) is 7.20. The molecular formula is C14H27N3O2. The lowest BCUT2D eigenvalue weighted by Gasteiger charge is -2.25. The van der Waals surface area contributed by atoms with E-state index in [0.717, 1.165) is 12.8 Å². The fourth-order valence-corrected chi connectivity index (χ4v) is 2.24. The van der Waals surface area contributed by atoms with Crippen LogP contribution in [0.25, 0.3) is 0 Å². The molecule has 1 heterocycles. The highest BCUT2D eigenvalue weighted by atomic mass is 16.5. The van der Waals surface area contributed by atoms with Crippen LogP contribution in [0.5, 0.6) is 0 Å². The van der Waals surface area contributed by atoms with E-state index in [1.54, 1.807) is 0 Å². The van der Waals surface area contributed by atoms with Gasteiger partial charge in [0.1, 0.15) is 6.10 Å². The summed E-state index contributed by atoms with van der Waals surface area (Å²) in [6.45, 7) is 11.5. The van der Waals surface area contributed by atoms with Crippen molar-refractivity contribution in [1.29, 1.82) is 0 Å². The van der Waals surface area contributed by atoms with E-state index in [4.69, 9.17) is 15.0 Å². The molecule has 1 rings (SSSR count). The molecule has 0 fully saturated rings. The summed E-state index contributed by atoms with van der Waals surface area (Å²) < 4.78 is 11.2. The molecule has 0 aliphatic carbocycles. The standard InChI is InChI=1S/C14H27N3O2/c1-6-14(7-2,9-15)13-16-12(17-19-13)11(10(4)5)18-8-3/h10-11H,6-9,15H2,1-5H3. The minimum absolute atomic E-state index is 0.119. The molecule has 0 bridgehead atoms. The smallest absolute Gasteiger partial charge is 0.234 e. The van der Waals surface area contributed by atoms with Gasteiger partial charge in [-0.2, -0.15) is 4.98 Å². The Bertz CT molecular complexity index is 364. The summed E-state index contributed by atoms with van der Waals surface area (Å²) in [6, 6.07) is 0. The van der Waals surface area contributed by atoms with Gasteiger partial charge in [-0.05, 0) is 25.7 Å². The highest BCUT2D eigenvalue weighted by Crippen LogP contribution is 2.31. The molecular weight excluding hydrogens is 242 g/mol. The van der Waals surface area contributed by atoms with Crippen LogP contribution in [0.3, 0.4) is 0 Å². The van der Waals surface area contributed by atoms with Gasteiger partial charge in [0.25, 0.3) is 0 Å². The monoisotopic (exact) mass is 269 g/mol. The number of aromatic nitrogens is 2. The molecule has 1 atom stereocenters. The molecule has 0 aromatic carbocycles. The Hall–Kier alpha value is -0.940. The number of ether oxygens (including phenoxy) is 1. The van der Waals surface area contributed by atoms with Crippen molar-refractivity contribution in [1.82, 2.24) is 10.1 Å². The van der Waals surface area contributed by atoms with Crippen molar-refractivity contribution in [3.05, 3.63) is 11.7 Å². The third-order valence-corrected chi connectivity index (χ3v) is 3.85. The molecule has 5 nitrogen and oxygen atoms in total. The minimum Gasteiger partial charge on any atom is -0.370 e. The Kier molecular flexibility index (Phi) is 5.94. The SMILES string of the molecule is CCOC(c1noc(C(CC)(CC)CN)n1)C(C)C. The molecule has 0 saturated carbocycles. The number of nitrogens with zero attached hydrogens (tertiary/aromatic N) is 2. The van der Waals surface area contributed by atoms with Crippen molar-refractivity contribution in [3.8, 4) is 0 Å². The first-order valence-electron chi connectivity index (χ1n) is 7.20. The van der Waals surface area contributed by atoms with Crippen LogP contribution >= 0.6 is 0 Å². The third kappa shape index (κ3) is 3.34. The van der Waals surface area contributed by atoms with Crippen molar-refractivity contribution in [2.75, 3.05) is 13.2 Å². The van der Waals surface area contributed by atoms with Gasteiger partial charge < -0.3 is 15.0 Å². The van der Waals surface area contributed by atoms with Gasteiger partial charge in [-0.3, -0.25) is 0 Å². The fraction of sp³-hybridized carbons (Fsp3) is 0.857. The minimum atomic E-state index is -0.209. The topological polar surface area (TPSA) is 74.2 Å². The van der Waals surface area contributed by atoms with Crippen molar-refractivity contribution >= 4 is 0 Å². The molecule has 0 aliphatic rings. The van der Waals surface area contributed by atoms with E-state index in [9.17, 15) is 0 Å². The molecule has 5 heteroatoms. The van der Waals surface area contributed by atoms with Gasteiger partial charge in [-0.15, -0.1) is 0 Å². The summed E-state index contributed by atoms with van der Waals surface area (Å²) >= 11 is 0. The van der Waals surface area contributed by atoms with E-state index in [2.05, 4.69) is 37.8 Å². The summed E-state index contributed by atoms with van der Waals surface area (Å²) in [7, 11) is 0. The molecule has 1 unspecified atom stereocenters. The molecule has 0 radical (unpaired) electrons. The molecule has 1 aromatic rings. The summed E-state index contributed by atoms with van der Waals surface area (Å²) in [5.41, 5.74) is 5.70. The lowest BCUT2D eigenvalue weighted by Crippen LogP contribution is -2.34. The van der Waals surface area contributed by atoms with Gasteiger partial charge in [0.2, 0.25) is 11.7 Å². The average Bonchev–Trinajstić information content (AvgIpc) is 2.88. The van der Waals surface area contributed by atoms with Crippen LogP contribution in [0.15, 0.2) is 4.52 Å². The Morgan fingerprint density at radius 1 is 1.26 bits per heavy atom. The zero-order valence-corrected chi connectivity index (χ0v) is 12.8. The first kappa shape index (κ1) is 16.1. The van der Waals surface area contributed by atoms with Gasteiger partial charge >= 0.3 is 0 Å². The van der Waals surface area contributed by atoms with Gasteiger partial charge in [-0.1, -0.05) is 32.9 Å². The van der Waals surface area contributed by atoms with Crippen molar-refractivity contribution < 1.29 is 9.26 Å². The molecule has 0 amide bonds. The fourth-order valence-electron chi connectivity index (χ4n) is 2.24. The Morgan fingerprint density at radius 2 is 1.89 bits per heavy atom. The zero-order chi connectivity index (χ0) is 14.5. The lowest BCUT2D eigenvalue weighted by atomic mass is 9.82. The van der Waals surface area contributed by atoms with Crippen LogP contribution in [-0.2, 0) is 10.2 Å². The lowest BCUT2D eigenvalue weighted by molar-refractivity contribution is 0.0217. The summed E-state index contributed by atoms with van der Waals surface area (Å²) in [4.78, 5) is 4.55. The third-order valence-electron chi connectivity index (χ3n) is 3.85. The number of rotatable bonds is 8. The second kappa shape index (κ2) is 7.01. The van der Waals surface area contributed by atoms with Crippen LogP contribution in [0.1, 0.15) is 65.3 Å². The normalized spacial score (nSPS) is 14.1. The Morgan fingerprint density at radius 3 is 2.32 bits per heavy atom. The highest BCUT2D eigenvalue weighted by molar-refractivity contribution is 5.07. The van der Waals surface area contributed by atoms with Crippen LogP contribution in [-0.4, -0.2) is 23.3 Å². The summed E-state index contributed by atoms with van der Waals surface area (Å²) in [6.07, 6.45) is 1.66. The Labute approximate surface area is 115 Å². The van der Waals surface area contributed by atoms with Gasteiger partial charge in [-0.25, -0.2) is 0 Å². The Balaban J connectivity index is 3.03. The largest absolute Gasteiger partial charge is 0.370 e. The van der Waals surface area contributed by atoms with E-state index >= 15 is 0 Å². The van der Waals surface area contributed by atoms with Gasteiger partial charge in [0.15, 0.2) is 0 Å². The van der Waals surface area contributed by atoms with Crippen molar-refractivity contribution in [3.63, 3.8) is 0 Å². The van der Waals surface area contributed by atoms with E-state index < -0.39 is 0 Å². The van der Waals surface area contributed by atoms with E-state index in [-0.39, 0.29) is 11.5 Å². The molecule has 1 aromatic heterocycles. The van der Waals surface area contributed by atoms with Gasteiger partial charge in [0, 0.05) is 13.2 Å². The predicted octanol–water partition coefficient (Wildman–Crippen LogP) is 2.82. The van der Waals surface area contributed by atoms with E-state index in [1.165, 1.54) is 0 Å². The molecule has 0 saturated heterocycles. The van der Waals surface area contributed by atoms with Gasteiger partial charge in [0.05, 0.1) is 5.41 Å². The molecule has 110 valence electrons. The number of hydrogen-bond donors (Lipinski definition) is 1. The number of hydrogen-bond acceptors (Lipinski definition) is 5. The second-order valence-electron chi connectivity index (χ2n) is 5.27. The first-order chi connectivity index (χ1) is 9.04. The van der Waals surface area contributed by atoms with Crippen molar-refractivity contribution in [2.45, 2.75) is 59.0 Å². The van der Waals surface area contributed by atoms with E-state index in [1.807, 2.05) is 6.92 Å². The average molecular weight is 269 g/mol. The number of nitrogens with two attached hydrogens (primary N) is 1. The summed E-state index contributed by atoms with van der Waals surface area (Å²) in [5.74, 6) is 1.58.